The maximum atomic E-state index is 13.1. The molecule has 1 amide bonds. The first kappa shape index (κ1) is 21.0. The summed E-state index contributed by atoms with van der Waals surface area (Å²) in [6.45, 7) is 3.90. The van der Waals surface area contributed by atoms with Gasteiger partial charge in [0.2, 0.25) is 5.91 Å². The highest BCUT2D eigenvalue weighted by Gasteiger charge is 2.28. The molecular weight excluding hydrogens is 374 g/mol. The third kappa shape index (κ3) is 5.69. The Morgan fingerprint density at radius 1 is 1.13 bits per heavy atom. The summed E-state index contributed by atoms with van der Waals surface area (Å²) in [5, 5.41) is 4.22. The third-order valence-corrected chi connectivity index (χ3v) is 6.80. The first-order valence-electron chi connectivity index (χ1n) is 11.6. The molecule has 0 radical (unpaired) electrons. The second kappa shape index (κ2) is 10.2. The van der Waals surface area contributed by atoms with E-state index < -0.39 is 0 Å². The maximum absolute atomic E-state index is 13.1. The summed E-state index contributed by atoms with van der Waals surface area (Å²) >= 11 is 0. The molecule has 162 valence electrons. The lowest BCUT2D eigenvalue weighted by Gasteiger charge is -2.38. The number of rotatable bonds is 8. The minimum Gasteiger partial charge on any atom is -0.338 e. The Kier molecular flexibility index (Phi) is 7.16. The first-order valence-corrected chi connectivity index (χ1v) is 11.6. The van der Waals surface area contributed by atoms with E-state index in [0.717, 1.165) is 30.1 Å². The fourth-order valence-electron chi connectivity index (χ4n) is 5.06. The average molecular weight is 410 g/mol. The largest absolute Gasteiger partial charge is 0.338 e. The van der Waals surface area contributed by atoms with Gasteiger partial charge in [0.05, 0.1) is 6.20 Å². The predicted octanol–water partition coefficient (Wildman–Crippen LogP) is 3.43. The van der Waals surface area contributed by atoms with Crippen LogP contribution in [-0.2, 0) is 24.8 Å². The Labute approximate surface area is 180 Å². The van der Waals surface area contributed by atoms with Crippen molar-refractivity contribution < 1.29 is 4.79 Å². The Balaban J connectivity index is 1.34. The summed E-state index contributed by atoms with van der Waals surface area (Å²) < 4.78 is 1.80. The van der Waals surface area contributed by atoms with Crippen LogP contribution in [0.15, 0.2) is 36.9 Å². The number of carbonyl (C=O) groups is 1. The van der Waals surface area contributed by atoms with E-state index in [-0.39, 0.29) is 5.91 Å². The highest BCUT2D eigenvalue weighted by molar-refractivity contribution is 5.76. The van der Waals surface area contributed by atoms with Gasteiger partial charge in [0, 0.05) is 51.2 Å². The minimum atomic E-state index is 0.237. The normalized spacial score (nSPS) is 18.7. The SMILES string of the molecule is Cn1cc(CCC(=O)N(Cc2cccnc2)CC2CCN(C3CCCC3)CC2)cn1. The molecule has 0 spiro atoms. The molecule has 4 rings (SSSR count). The van der Waals surface area contributed by atoms with Gasteiger partial charge in [0.1, 0.15) is 0 Å². The van der Waals surface area contributed by atoms with Crippen LogP contribution in [0.5, 0.6) is 0 Å². The van der Waals surface area contributed by atoms with Crippen LogP contribution in [0.25, 0.3) is 0 Å². The van der Waals surface area contributed by atoms with Gasteiger partial charge >= 0.3 is 0 Å². The zero-order valence-corrected chi connectivity index (χ0v) is 18.2. The molecule has 0 N–H and O–H groups in total. The molecule has 6 heteroatoms. The molecular formula is C24H35N5O. The number of amides is 1. The average Bonchev–Trinajstić information content (AvgIpc) is 3.45. The number of nitrogens with zero attached hydrogens (tertiary/aromatic N) is 5. The van der Waals surface area contributed by atoms with Gasteiger partial charge in [-0.1, -0.05) is 18.9 Å². The number of hydrogen-bond donors (Lipinski definition) is 0. The number of aromatic nitrogens is 3. The van der Waals surface area contributed by atoms with Gasteiger partial charge in [-0.2, -0.15) is 5.10 Å². The van der Waals surface area contributed by atoms with Crippen molar-refractivity contribution in [2.45, 2.75) is 64.0 Å². The van der Waals surface area contributed by atoms with Crippen LogP contribution in [0.2, 0.25) is 0 Å². The van der Waals surface area contributed by atoms with Crippen molar-refractivity contribution >= 4 is 5.91 Å². The summed E-state index contributed by atoms with van der Waals surface area (Å²) in [6, 6.07) is 4.84. The smallest absolute Gasteiger partial charge is 0.223 e. The van der Waals surface area contributed by atoms with Gasteiger partial charge in [-0.25, -0.2) is 0 Å². The Morgan fingerprint density at radius 2 is 1.93 bits per heavy atom. The van der Waals surface area contributed by atoms with E-state index in [1.807, 2.05) is 31.7 Å². The van der Waals surface area contributed by atoms with E-state index >= 15 is 0 Å². The van der Waals surface area contributed by atoms with Crippen LogP contribution in [0.4, 0.5) is 0 Å². The van der Waals surface area contributed by atoms with E-state index in [1.54, 1.807) is 10.9 Å². The Bertz CT molecular complexity index is 791. The van der Waals surface area contributed by atoms with Gasteiger partial charge in [-0.15, -0.1) is 0 Å². The molecule has 0 aromatic carbocycles. The fraction of sp³-hybridized carbons (Fsp3) is 0.625. The number of aryl methyl sites for hydroxylation is 2. The highest BCUT2D eigenvalue weighted by atomic mass is 16.2. The number of pyridine rings is 1. The van der Waals surface area contributed by atoms with Gasteiger partial charge in [0.15, 0.2) is 0 Å². The van der Waals surface area contributed by atoms with Gasteiger partial charge in [0.25, 0.3) is 0 Å². The van der Waals surface area contributed by atoms with Crippen molar-refractivity contribution in [1.82, 2.24) is 24.6 Å². The number of likely N-dealkylation sites (tertiary alicyclic amines) is 1. The van der Waals surface area contributed by atoms with Gasteiger partial charge in [-0.3, -0.25) is 14.5 Å². The summed E-state index contributed by atoms with van der Waals surface area (Å²) in [7, 11) is 1.91. The van der Waals surface area contributed by atoms with Crippen molar-refractivity contribution in [3.05, 3.63) is 48.0 Å². The fourth-order valence-corrected chi connectivity index (χ4v) is 5.06. The number of hydrogen-bond acceptors (Lipinski definition) is 4. The quantitative estimate of drug-likeness (QED) is 0.670. The zero-order valence-electron chi connectivity index (χ0n) is 18.2. The van der Waals surface area contributed by atoms with E-state index in [2.05, 4.69) is 25.9 Å². The van der Waals surface area contributed by atoms with Crippen LogP contribution in [0.3, 0.4) is 0 Å². The monoisotopic (exact) mass is 409 g/mol. The van der Waals surface area contributed by atoms with Gasteiger partial charge < -0.3 is 9.80 Å². The third-order valence-electron chi connectivity index (χ3n) is 6.80. The molecule has 2 aromatic heterocycles. The molecule has 2 aliphatic rings. The lowest BCUT2D eigenvalue weighted by molar-refractivity contribution is -0.132. The summed E-state index contributed by atoms with van der Waals surface area (Å²) in [6.07, 6.45) is 16.8. The predicted molar refractivity (Wildman–Crippen MR) is 118 cm³/mol. The van der Waals surface area contributed by atoms with Crippen LogP contribution in [-0.4, -0.2) is 56.1 Å². The molecule has 2 aromatic rings. The lowest BCUT2D eigenvalue weighted by atomic mass is 9.94. The first-order chi connectivity index (χ1) is 14.7. The molecule has 30 heavy (non-hydrogen) atoms. The summed E-state index contributed by atoms with van der Waals surface area (Å²) in [4.78, 5) is 22.2. The minimum absolute atomic E-state index is 0.237. The second-order valence-electron chi connectivity index (χ2n) is 9.08. The zero-order chi connectivity index (χ0) is 20.8. The van der Waals surface area contributed by atoms with Crippen LogP contribution in [0, 0.1) is 5.92 Å². The molecule has 0 atom stereocenters. The summed E-state index contributed by atoms with van der Waals surface area (Å²) in [5.41, 5.74) is 2.23. The van der Waals surface area contributed by atoms with E-state index in [4.69, 9.17) is 0 Å². The van der Waals surface area contributed by atoms with E-state index in [9.17, 15) is 4.79 Å². The van der Waals surface area contributed by atoms with Crippen LogP contribution in [0.1, 0.15) is 56.1 Å². The molecule has 1 saturated carbocycles. The molecule has 1 aliphatic heterocycles. The van der Waals surface area contributed by atoms with Crippen molar-refractivity contribution in [2.24, 2.45) is 13.0 Å². The highest BCUT2D eigenvalue weighted by Crippen LogP contribution is 2.28. The molecule has 0 unspecified atom stereocenters. The molecule has 1 aliphatic carbocycles. The van der Waals surface area contributed by atoms with Crippen LogP contribution >= 0.6 is 0 Å². The van der Waals surface area contributed by atoms with E-state index in [0.29, 0.717) is 18.9 Å². The van der Waals surface area contributed by atoms with Crippen molar-refractivity contribution in [3.8, 4) is 0 Å². The Hall–Kier alpha value is -2.21. The summed E-state index contributed by atoms with van der Waals surface area (Å²) in [5.74, 6) is 0.836. The molecule has 2 fully saturated rings. The number of carbonyl (C=O) groups excluding carboxylic acids is 1. The number of piperidine rings is 1. The van der Waals surface area contributed by atoms with E-state index in [1.165, 1.54) is 51.6 Å². The molecule has 3 heterocycles. The maximum Gasteiger partial charge on any atom is 0.223 e. The van der Waals surface area contributed by atoms with Crippen molar-refractivity contribution in [3.63, 3.8) is 0 Å². The van der Waals surface area contributed by atoms with Crippen molar-refractivity contribution in [1.29, 1.82) is 0 Å². The molecule has 1 saturated heterocycles. The molecule has 0 bridgehead atoms. The van der Waals surface area contributed by atoms with Crippen molar-refractivity contribution in [2.75, 3.05) is 19.6 Å². The second-order valence-corrected chi connectivity index (χ2v) is 9.08. The molecule has 6 nitrogen and oxygen atoms in total. The van der Waals surface area contributed by atoms with Gasteiger partial charge in [-0.05, 0) is 68.3 Å². The Morgan fingerprint density at radius 3 is 2.60 bits per heavy atom. The van der Waals surface area contributed by atoms with Crippen LogP contribution < -0.4 is 0 Å². The standard InChI is InChI=1S/C24H35N5O/c1-27-17-22(16-26-27)8-9-24(30)29(19-21-5-4-12-25-15-21)18-20-10-13-28(14-11-20)23-6-2-3-7-23/h4-5,12,15-17,20,23H,2-3,6-11,13-14,18-19H2,1H3. The lowest BCUT2D eigenvalue weighted by Crippen LogP contribution is -2.43. The topological polar surface area (TPSA) is 54.3 Å².